The van der Waals surface area contributed by atoms with Crippen molar-refractivity contribution in [1.29, 1.82) is 0 Å². The van der Waals surface area contributed by atoms with Gasteiger partial charge in [-0.05, 0) is 23.3 Å². The van der Waals surface area contributed by atoms with Gasteiger partial charge in [0.05, 0.1) is 21.4 Å². The number of nitrogens with one attached hydrogen (secondary N) is 1. The second kappa shape index (κ2) is 4.96. The topological polar surface area (TPSA) is 49.3 Å². The molecule has 5 heteroatoms. The minimum atomic E-state index is -0.572. The number of hydrogen-bond donors (Lipinski definition) is 2. The van der Waals surface area contributed by atoms with E-state index in [-0.39, 0.29) is 11.9 Å². The summed E-state index contributed by atoms with van der Waals surface area (Å²) in [4.78, 5) is 12.7. The van der Waals surface area contributed by atoms with Crippen LogP contribution in [0.5, 0.6) is 0 Å². The van der Waals surface area contributed by atoms with Gasteiger partial charge in [0, 0.05) is 6.42 Å². The summed E-state index contributed by atoms with van der Waals surface area (Å²) in [5.74, 6) is -0.197. The van der Waals surface area contributed by atoms with Crippen molar-refractivity contribution in [3.8, 4) is 0 Å². The first-order valence-corrected chi connectivity index (χ1v) is 7.16. The van der Waals surface area contributed by atoms with E-state index in [0.717, 1.165) is 11.1 Å². The van der Waals surface area contributed by atoms with E-state index in [1.165, 1.54) is 11.3 Å². The Kier molecular flexibility index (Phi) is 3.31. The number of aliphatic hydroxyl groups is 1. The molecule has 1 aromatic carbocycles. The van der Waals surface area contributed by atoms with Gasteiger partial charge < -0.3 is 10.4 Å². The quantitative estimate of drug-likeness (QED) is 0.894. The largest absolute Gasteiger partial charge is 0.390 e. The highest BCUT2D eigenvalue weighted by atomic mass is 35.5. The number of hydrogen-bond acceptors (Lipinski definition) is 3. The zero-order valence-corrected chi connectivity index (χ0v) is 11.5. The molecular formula is C14H12ClNO2S. The zero-order valence-electron chi connectivity index (χ0n) is 9.97. The molecule has 0 aliphatic heterocycles. The summed E-state index contributed by atoms with van der Waals surface area (Å²) in [6, 6.07) is 10.8. The van der Waals surface area contributed by atoms with Crippen LogP contribution in [0.1, 0.15) is 26.8 Å². The van der Waals surface area contributed by atoms with E-state index >= 15 is 0 Å². The predicted octanol–water partition coefficient (Wildman–Crippen LogP) is 2.79. The Labute approximate surface area is 119 Å². The third-order valence-corrected chi connectivity index (χ3v) is 4.52. The van der Waals surface area contributed by atoms with Crippen molar-refractivity contribution in [2.24, 2.45) is 0 Å². The van der Waals surface area contributed by atoms with Gasteiger partial charge in [0.15, 0.2) is 0 Å². The van der Waals surface area contributed by atoms with E-state index in [9.17, 15) is 9.90 Å². The summed E-state index contributed by atoms with van der Waals surface area (Å²) in [6.45, 7) is 0. The molecule has 1 aliphatic carbocycles. The van der Waals surface area contributed by atoms with Crippen LogP contribution >= 0.6 is 22.9 Å². The fourth-order valence-corrected chi connectivity index (χ4v) is 3.34. The van der Waals surface area contributed by atoms with Crippen molar-refractivity contribution in [2.75, 3.05) is 0 Å². The Morgan fingerprint density at radius 1 is 1.32 bits per heavy atom. The van der Waals surface area contributed by atoms with E-state index in [1.807, 2.05) is 24.3 Å². The Morgan fingerprint density at radius 2 is 2.11 bits per heavy atom. The molecular weight excluding hydrogens is 282 g/mol. The molecule has 1 aromatic heterocycles. The molecule has 0 saturated carbocycles. The first kappa shape index (κ1) is 12.7. The lowest BCUT2D eigenvalue weighted by Gasteiger charge is -2.17. The van der Waals surface area contributed by atoms with Gasteiger partial charge in [0.25, 0.3) is 5.91 Å². The number of thiophene rings is 1. The number of rotatable bonds is 2. The molecule has 0 fully saturated rings. The Hall–Kier alpha value is -1.36. The predicted molar refractivity (Wildman–Crippen MR) is 75.7 cm³/mol. The first-order valence-electron chi connectivity index (χ1n) is 5.97. The maximum atomic E-state index is 12.1. The third kappa shape index (κ3) is 2.39. The summed E-state index contributed by atoms with van der Waals surface area (Å²) in [7, 11) is 0. The van der Waals surface area contributed by atoms with Crippen LogP contribution in [-0.2, 0) is 6.42 Å². The normalized spacial score (nSPS) is 21.2. The summed E-state index contributed by atoms with van der Waals surface area (Å²) < 4.78 is 0.581. The molecule has 1 amide bonds. The maximum absolute atomic E-state index is 12.1. The lowest BCUT2D eigenvalue weighted by molar-refractivity contribution is 0.0862. The number of fused-ring (bicyclic) bond motifs is 1. The van der Waals surface area contributed by atoms with E-state index < -0.39 is 6.10 Å². The van der Waals surface area contributed by atoms with E-state index in [2.05, 4.69) is 5.32 Å². The van der Waals surface area contributed by atoms with Crippen molar-refractivity contribution in [3.63, 3.8) is 0 Å². The van der Waals surface area contributed by atoms with Crippen molar-refractivity contribution >= 4 is 28.8 Å². The lowest BCUT2D eigenvalue weighted by atomic mass is 10.1. The molecule has 2 N–H and O–H groups in total. The molecule has 0 radical (unpaired) electrons. The van der Waals surface area contributed by atoms with Crippen molar-refractivity contribution in [2.45, 2.75) is 18.6 Å². The van der Waals surface area contributed by atoms with Gasteiger partial charge in [-0.2, -0.15) is 0 Å². The van der Waals surface area contributed by atoms with Crippen molar-refractivity contribution < 1.29 is 9.90 Å². The Bertz CT molecular complexity index is 625. The fourth-order valence-electron chi connectivity index (χ4n) is 2.40. The number of aliphatic hydroxyl groups excluding tert-OH is 1. The number of amides is 1. The van der Waals surface area contributed by atoms with Gasteiger partial charge >= 0.3 is 0 Å². The monoisotopic (exact) mass is 293 g/mol. The Balaban J connectivity index is 1.82. The second-order valence-corrected chi connectivity index (χ2v) is 6.24. The summed E-state index contributed by atoms with van der Waals surface area (Å²) in [5, 5.41) is 13.0. The molecule has 1 heterocycles. The van der Waals surface area contributed by atoms with Gasteiger partial charge in [0.2, 0.25) is 0 Å². The standard InChI is InChI=1S/C14H12ClNO2S/c15-12-6-5-11(19-12)14(18)16-13-9-4-2-1-3-8(9)7-10(13)17/h1-6,10,13,17H,7H2,(H,16,18). The first-order chi connectivity index (χ1) is 9.15. The molecule has 19 heavy (non-hydrogen) atoms. The molecule has 0 bridgehead atoms. The smallest absolute Gasteiger partial charge is 0.261 e. The van der Waals surface area contributed by atoms with Crippen molar-refractivity contribution in [1.82, 2.24) is 5.32 Å². The van der Waals surface area contributed by atoms with Gasteiger partial charge in [-0.1, -0.05) is 35.9 Å². The molecule has 2 aromatic rings. The zero-order chi connectivity index (χ0) is 13.4. The van der Waals surface area contributed by atoms with Gasteiger partial charge in [-0.15, -0.1) is 11.3 Å². The Morgan fingerprint density at radius 3 is 2.84 bits per heavy atom. The second-order valence-electron chi connectivity index (χ2n) is 4.53. The van der Waals surface area contributed by atoms with E-state index in [4.69, 9.17) is 11.6 Å². The lowest BCUT2D eigenvalue weighted by Crippen LogP contribution is -2.33. The van der Waals surface area contributed by atoms with Crippen LogP contribution in [0.25, 0.3) is 0 Å². The van der Waals surface area contributed by atoms with Gasteiger partial charge in [0.1, 0.15) is 0 Å². The van der Waals surface area contributed by atoms with Crippen LogP contribution in [0.3, 0.4) is 0 Å². The molecule has 3 nitrogen and oxygen atoms in total. The molecule has 2 unspecified atom stereocenters. The minimum absolute atomic E-state index is 0.197. The van der Waals surface area contributed by atoms with Crippen molar-refractivity contribution in [3.05, 3.63) is 56.7 Å². The average Bonchev–Trinajstić information content (AvgIpc) is 2.95. The van der Waals surface area contributed by atoms with Crippen LogP contribution in [-0.4, -0.2) is 17.1 Å². The molecule has 3 rings (SSSR count). The van der Waals surface area contributed by atoms with Gasteiger partial charge in [-0.3, -0.25) is 4.79 Å². The van der Waals surface area contributed by atoms with E-state index in [1.54, 1.807) is 12.1 Å². The number of carbonyl (C=O) groups is 1. The maximum Gasteiger partial charge on any atom is 0.261 e. The fraction of sp³-hybridized carbons (Fsp3) is 0.214. The van der Waals surface area contributed by atoms with Gasteiger partial charge in [-0.25, -0.2) is 0 Å². The highest BCUT2D eigenvalue weighted by Gasteiger charge is 2.32. The average molecular weight is 294 g/mol. The number of halogens is 1. The van der Waals surface area contributed by atoms with Crippen LogP contribution < -0.4 is 5.32 Å². The number of carbonyl (C=O) groups excluding carboxylic acids is 1. The van der Waals surface area contributed by atoms with Crippen LogP contribution in [0.4, 0.5) is 0 Å². The molecule has 2 atom stereocenters. The number of benzene rings is 1. The van der Waals surface area contributed by atoms with E-state index in [0.29, 0.717) is 15.6 Å². The SMILES string of the molecule is O=C(NC1c2ccccc2CC1O)c1ccc(Cl)s1. The van der Waals surface area contributed by atoms with Crippen LogP contribution in [0, 0.1) is 0 Å². The molecule has 98 valence electrons. The summed E-state index contributed by atoms with van der Waals surface area (Å²) in [6.07, 6.45) is 0.00329. The molecule has 0 saturated heterocycles. The summed E-state index contributed by atoms with van der Waals surface area (Å²) in [5.41, 5.74) is 2.08. The summed E-state index contributed by atoms with van der Waals surface area (Å²) >= 11 is 7.05. The highest BCUT2D eigenvalue weighted by Crippen LogP contribution is 2.32. The van der Waals surface area contributed by atoms with Crippen LogP contribution in [0.15, 0.2) is 36.4 Å². The molecule has 0 spiro atoms. The highest BCUT2D eigenvalue weighted by molar-refractivity contribution is 7.17. The third-order valence-electron chi connectivity index (χ3n) is 3.29. The van der Waals surface area contributed by atoms with Crippen LogP contribution in [0.2, 0.25) is 4.34 Å². The molecule has 1 aliphatic rings. The minimum Gasteiger partial charge on any atom is -0.390 e.